The fourth-order valence-electron chi connectivity index (χ4n) is 1.59. The maximum Gasteiger partial charge on any atom is 0.341 e. The SMILES string of the molecule is O=C(OC1CCC1)c1cc(Cl)cc(S(=O)(=O)Cl)c1F. The van der Waals surface area contributed by atoms with Crippen LogP contribution in [0.25, 0.3) is 0 Å². The van der Waals surface area contributed by atoms with Gasteiger partial charge in [-0.3, -0.25) is 0 Å². The summed E-state index contributed by atoms with van der Waals surface area (Å²) in [6.45, 7) is 0. The Labute approximate surface area is 118 Å². The van der Waals surface area contributed by atoms with Crippen LogP contribution in [0.3, 0.4) is 0 Å². The highest BCUT2D eigenvalue weighted by molar-refractivity contribution is 8.13. The van der Waals surface area contributed by atoms with E-state index < -0.39 is 31.3 Å². The van der Waals surface area contributed by atoms with Gasteiger partial charge in [0.25, 0.3) is 9.05 Å². The lowest BCUT2D eigenvalue weighted by Crippen LogP contribution is -2.25. The summed E-state index contributed by atoms with van der Waals surface area (Å²) >= 11 is 5.66. The van der Waals surface area contributed by atoms with Crippen molar-refractivity contribution in [1.29, 1.82) is 0 Å². The van der Waals surface area contributed by atoms with Gasteiger partial charge in [0, 0.05) is 15.7 Å². The van der Waals surface area contributed by atoms with Gasteiger partial charge in [0.1, 0.15) is 11.0 Å². The second kappa shape index (κ2) is 5.26. The van der Waals surface area contributed by atoms with Crippen molar-refractivity contribution in [2.75, 3.05) is 0 Å². The molecular formula is C11H9Cl2FO4S. The molecule has 19 heavy (non-hydrogen) atoms. The van der Waals surface area contributed by atoms with Crippen LogP contribution >= 0.6 is 22.3 Å². The molecule has 1 saturated carbocycles. The lowest BCUT2D eigenvalue weighted by molar-refractivity contribution is 0.00848. The van der Waals surface area contributed by atoms with Crippen molar-refractivity contribution < 1.29 is 22.3 Å². The van der Waals surface area contributed by atoms with Crippen molar-refractivity contribution in [3.8, 4) is 0 Å². The Morgan fingerprint density at radius 1 is 1.37 bits per heavy atom. The first-order chi connectivity index (χ1) is 8.79. The molecule has 1 fully saturated rings. The zero-order chi connectivity index (χ0) is 14.2. The number of ether oxygens (including phenoxy) is 1. The first-order valence-electron chi connectivity index (χ1n) is 5.43. The summed E-state index contributed by atoms with van der Waals surface area (Å²) in [6, 6.07) is 1.86. The maximum absolute atomic E-state index is 13.9. The molecule has 0 unspecified atom stereocenters. The van der Waals surface area contributed by atoms with Gasteiger partial charge in [-0.1, -0.05) is 11.6 Å². The Hall–Kier alpha value is -0.850. The lowest BCUT2D eigenvalue weighted by Gasteiger charge is -2.25. The summed E-state index contributed by atoms with van der Waals surface area (Å²) < 4.78 is 41.3. The van der Waals surface area contributed by atoms with Gasteiger partial charge in [-0.25, -0.2) is 17.6 Å². The molecule has 104 valence electrons. The van der Waals surface area contributed by atoms with Gasteiger partial charge in [-0.2, -0.15) is 0 Å². The molecule has 0 bridgehead atoms. The van der Waals surface area contributed by atoms with Crippen LogP contribution in [-0.2, 0) is 13.8 Å². The van der Waals surface area contributed by atoms with Crippen molar-refractivity contribution >= 4 is 37.3 Å². The summed E-state index contributed by atoms with van der Waals surface area (Å²) in [6.07, 6.45) is 2.13. The Morgan fingerprint density at radius 3 is 2.47 bits per heavy atom. The smallest absolute Gasteiger partial charge is 0.341 e. The van der Waals surface area contributed by atoms with Gasteiger partial charge in [0.15, 0.2) is 5.82 Å². The van der Waals surface area contributed by atoms with E-state index in [1.807, 2.05) is 0 Å². The van der Waals surface area contributed by atoms with Crippen molar-refractivity contribution in [1.82, 2.24) is 0 Å². The number of carbonyl (C=O) groups is 1. The predicted molar refractivity (Wildman–Crippen MR) is 67.5 cm³/mol. The van der Waals surface area contributed by atoms with Gasteiger partial charge in [0.2, 0.25) is 0 Å². The van der Waals surface area contributed by atoms with Gasteiger partial charge in [0.05, 0.1) is 5.56 Å². The summed E-state index contributed by atoms with van der Waals surface area (Å²) in [4.78, 5) is 10.9. The van der Waals surface area contributed by atoms with Crippen molar-refractivity contribution in [2.24, 2.45) is 0 Å². The minimum absolute atomic E-state index is 0.110. The zero-order valence-corrected chi connectivity index (χ0v) is 11.9. The van der Waals surface area contributed by atoms with Crippen LogP contribution in [0.5, 0.6) is 0 Å². The molecule has 1 aliphatic carbocycles. The van der Waals surface area contributed by atoms with Crippen molar-refractivity contribution in [3.63, 3.8) is 0 Å². The first kappa shape index (κ1) is 14.6. The van der Waals surface area contributed by atoms with Crippen LogP contribution in [0, 0.1) is 5.82 Å². The fourth-order valence-corrected chi connectivity index (χ4v) is 2.81. The third-order valence-corrected chi connectivity index (χ3v) is 4.35. The van der Waals surface area contributed by atoms with Crippen molar-refractivity contribution in [3.05, 3.63) is 28.5 Å². The molecular weight excluding hydrogens is 318 g/mol. The normalized spacial score (nSPS) is 15.9. The monoisotopic (exact) mass is 326 g/mol. The quantitative estimate of drug-likeness (QED) is 0.632. The summed E-state index contributed by atoms with van der Waals surface area (Å²) in [5.74, 6) is -2.19. The Balaban J connectivity index is 2.39. The molecule has 1 aromatic rings. The van der Waals surface area contributed by atoms with Gasteiger partial charge in [-0.15, -0.1) is 0 Å². The van der Waals surface area contributed by atoms with E-state index in [9.17, 15) is 17.6 Å². The van der Waals surface area contributed by atoms with Crippen LogP contribution in [0.15, 0.2) is 17.0 Å². The largest absolute Gasteiger partial charge is 0.459 e. The summed E-state index contributed by atoms with van der Waals surface area (Å²) in [7, 11) is 0.751. The highest BCUT2D eigenvalue weighted by atomic mass is 35.7. The van der Waals surface area contributed by atoms with Crippen LogP contribution in [0.1, 0.15) is 29.6 Å². The molecule has 0 aliphatic heterocycles. The molecule has 0 amide bonds. The number of hydrogen-bond donors (Lipinski definition) is 0. The Bertz CT molecular complexity index is 626. The highest BCUT2D eigenvalue weighted by Gasteiger charge is 2.28. The van der Waals surface area contributed by atoms with Gasteiger partial charge >= 0.3 is 5.97 Å². The van der Waals surface area contributed by atoms with E-state index in [1.54, 1.807) is 0 Å². The van der Waals surface area contributed by atoms with E-state index in [4.69, 9.17) is 27.0 Å². The first-order valence-corrected chi connectivity index (χ1v) is 8.12. The third-order valence-electron chi connectivity index (χ3n) is 2.81. The second-order valence-electron chi connectivity index (χ2n) is 4.16. The van der Waals surface area contributed by atoms with Crippen LogP contribution in [-0.4, -0.2) is 20.5 Å². The Kier molecular flexibility index (Phi) is 4.03. The molecule has 0 heterocycles. The molecule has 1 aliphatic rings. The van der Waals surface area contributed by atoms with E-state index in [2.05, 4.69) is 0 Å². The maximum atomic E-state index is 13.9. The van der Waals surface area contributed by atoms with E-state index in [0.717, 1.165) is 18.6 Å². The summed E-state index contributed by atoms with van der Waals surface area (Å²) in [5.41, 5.74) is -0.529. The molecule has 0 atom stereocenters. The molecule has 0 N–H and O–H groups in total. The fraction of sp³-hybridized carbons (Fsp3) is 0.364. The number of hydrogen-bond acceptors (Lipinski definition) is 4. The molecule has 4 nitrogen and oxygen atoms in total. The standard InChI is InChI=1S/C11H9Cl2FO4S/c12-6-4-8(11(15)18-7-2-1-3-7)10(14)9(5-6)19(13,16)17/h4-5,7H,1-3H2. The van der Waals surface area contributed by atoms with E-state index in [-0.39, 0.29) is 11.1 Å². The third kappa shape index (κ3) is 3.19. The zero-order valence-electron chi connectivity index (χ0n) is 9.53. The second-order valence-corrected chi connectivity index (χ2v) is 7.13. The number of benzene rings is 1. The molecule has 8 heteroatoms. The van der Waals surface area contributed by atoms with E-state index in [0.29, 0.717) is 12.8 Å². The molecule has 2 rings (SSSR count). The number of halogens is 3. The molecule has 0 spiro atoms. The average Bonchev–Trinajstić information content (AvgIpc) is 2.24. The number of esters is 1. The Morgan fingerprint density at radius 2 is 2.00 bits per heavy atom. The van der Waals surface area contributed by atoms with Gasteiger partial charge < -0.3 is 4.74 Å². The van der Waals surface area contributed by atoms with E-state index in [1.165, 1.54) is 0 Å². The molecule has 0 radical (unpaired) electrons. The van der Waals surface area contributed by atoms with E-state index >= 15 is 0 Å². The lowest BCUT2D eigenvalue weighted by atomic mass is 9.96. The summed E-state index contributed by atoms with van der Waals surface area (Å²) in [5, 5.41) is -0.110. The minimum atomic E-state index is -4.33. The molecule has 0 aromatic heterocycles. The average molecular weight is 327 g/mol. The van der Waals surface area contributed by atoms with Crippen LogP contribution in [0.4, 0.5) is 4.39 Å². The number of rotatable bonds is 3. The molecule has 1 aromatic carbocycles. The van der Waals surface area contributed by atoms with Gasteiger partial charge in [-0.05, 0) is 31.4 Å². The number of carbonyl (C=O) groups excluding carboxylic acids is 1. The molecule has 0 saturated heterocycles. The predicted octanol–water partition coefficient (Wildman–Crippen LogP) is 3.12. The minimum Gasteiger partial charge on any atom is -0.459 e. The topological polar surface area (TPSA) is 60.4 Å². The van der Waals surface area contributed by atoms with Crippen molar-refractivity contribution in [2.45, 2.75) is 30.3 Å². The highest BCUT2D eigenvalue weighted by Crippen LogP contribution is 2.28. The van der Waals surface area contributed by atoms with Crippen LogP contribution in [0.2, 0.25) is 5.02 Å². The van der Waals surface area contributed by atoms with Crippen LogP contribution < -0.4 is 0 Å².